The molecule has 1 aliphatic heterocycles. The zero-order valence-corrected chi connectivity index (χ0v) is 11.0. The van der Waals surface area contributed by atoms with E-state index < -0.39 is 0 Å². The highest BCUT2D eigenvalue weighted by Crippen LogP contribution is 2.17. The van der Waals surface area contributed by atoms with Crippen molar-refractivity contribution in [2.75, 3.05) is 13.2 Å². The van der Waals surface area contributed by atoms with Crippen molar-refractivity contribution in [2.24, 2.45) is 0 Å². The van der Waals surface area contributed by atoms with E-state index in [1.807, 2.05) is 40.7 Å². The molecule has 0 aliphatic carbocycles. The Balaban J connectivity index is 0. The van der Waals surface area contributed by atoms with Gasteiger partial charge >= 0.3 is 0 Å². The molecule has 1 heterocycles. The SMILES string of the molecule is C=CC1=C(/C=C\C)CCOC1.CC.CC. The molecule has 1 heteroatoms. The van der Waals surface area contributed by atoms with Gasteiger partial charge in [-0.15, -0.1) is 0 Å². The largest absolute Gasteiger partial charge is 0.376 e. The van der Waals surface area contributed by atoms with Crippen LogP contribution in [0.3, 0.4) is 0 Å². The van der Waals surface area contributed by atoms with Gasteiger partial charge in [0.25, 0.3) is 0 Å². The Morgan fingerprint density at radius 2 is 1.73 bits per heavy atom. The summed E-state index contributed by atoms with van der Waals surface area (Å²) in [6.45, 7) is 15.3. The van der Waals surface area contributed by atoms with E-state index >= 15 is 0 Å². The second-order valence-corrected chi connectivity index (χ2v) is 2.56. The van der Waals surface area contributed by atoms with Gasteiger partial charge in [-0.3, -0.25) is 0 Å². The fourth-order valence-corrected chi connectivity index (χ4v) is 1.20. The highest BCUT2D eigenvalue weighted by molar-refractivity contribution is 5.33. The highest BCUT2D eigenvalue weighted by atomic mass is 16.5. The summed E-state index contributed by atoms with van der Waals surface area (Å²) in [5, 5.41) is 0. The standard InChI is InChI=1S/C10H14O.2C2H6/c1-3-5-10-6-7-11-8-9(10)4-2;2*1-2/h3-5H,2,6-8H2,1H3;2*1-2H3/b5-3-;;. The molecule has 0 fully saturated rings. The molecule has 0 unspecified atom stereocenters. The fraction of sp³-hybridized carbons (Fsp3) is 0.571. The highest BCUT2D eigenvalue weighted by Gasteiger charge is 2.06. The minimum absolute atomic E-state index is 0.725. The van der Waals surface area contributed by atoms with E-state index in [0.29, 0.717) is 0 Å². The van der Waals surface area contributed by atoms with Crippen LogP contribution in [0, 0.1) is 0 Å². The number of hydrogen-bond donors (Lipinski definition) is 0. The molecule has 1 rings (SSSR count). The van der Waals surface area contributed by atoms with E-state index in [2.05, 4.69) is 18.7 Å². The second kappa shape index (κ2) is 13.2. The predicted molar refractivity (Wildman–Crippen MR) is 70.2 cm³/mol. The van der Waals surface area contributed by atoms with Gasteiger partial charge in [0.1, 0.15) is 0 Å². The third kappa shape index (κ3) is 7.15. The smallest absolute Gasteiger partial charge is 0.0719 e. The van der Waals surface area contributed by atoms with E-state index in [9.17, 15) is 0 Å². The molecule has 0 saturated heterocycles. The van der Waals surface area contributed by atoms with Gasteiger partial charge in [0.2, 0.25) is 0 Å². The molecule has 0 spiro atoms. The van der Waals surface area contributed by atoms with E-state index in [1.165, 1.54) is 11.1 Å². The Morgan fingerprint density at radius 3 is 2.20 bits per heavy atom. The van der Waals surface area contributed by atoms with Gasteiger partial charge in [0.05, 0.1) is 13.2 Å². The molecule has 0 radical (unpaired) electrons. The minimum Gasteiger partial charge on any atom is -0.376 e. The number of ether oxygens (including phenoxy) is 1. The topological polar surface area (TPSA) is 9.23 Å². The van der Waals surface area contributed by atoms with Gasteiger partial charge in [-0.1, -0.05) is 52.5 Å². The van der Waals surface area contributed by atoms with Gasteiger partial charge in [-0.05, 0) is 24.5 Å². The summed E-state index contributed by atoms with van der Waals surface area (Å²) in [5.74, 6) is 0. The first-order valence-corrected chi connectivity index (χ1v) is 5.93. The molecule has 0 aromatic carbocycles. The third-order valence-electron chi connectivity index (χ3n) is 1.80. The molecule has 88 valence electrons. The average molecular weight is 210 g/mol. The van der Waals surface area contributed by atoms with Crippen molar-refractivity contribution in [3.05, 3.63) is 36.0 Å². The summed E-state index contributed by atoms with van der Waals surface area (Å²) >= 11 is 0. The molecular formula is C14H26O. The Labute approximate surface area is 95.5 Å². The van der Waals surface area contributed by atoms with E-state index in [1.54, 1.807) is 0 Å². The van der Waals surface area contributed by atoms with Crippen molar-refractivity contribution in [1.29, 1.82) is 0 Å². The first-order chi connectivity index (χ1) is 7.38. The zero-order valence-electron chi connectivity index (χ0n) is 11.0. The Hall–Kier alpha value is -0.820. The van der Waals surface area contributed by atoms with Crippen LogP contribution in [0.1, 0.15) is 41.0 Å². The van der Waals surface area contributed by atoms with E-state index in [-0.39, 0.29) is 0 Å². The minimum atomic E-state index is 0.725. The summed E-state index contributed by atoms with van der Waals surface area (Å²) < 4.78 is 5.29. The Morgan fingerprint density at radius 1 is 1.13 bits per heavy atom. The lowest BCUT2D eigenvalue weighted by Crippen LogP contribution is -2.08. The van der Waals surface area contributed by atoms with Crippen molar-refractivity contribution in [3.8, 4) is 0 Å². The van der Waals surface area contributed by atoms with Crippen LogP contribution in [0.15, 0.2) is 36.0 Å². The third-order valence-corrected chi connectivity index (χ3v) is 1.80. The molecule has 0 atom stereocenters. The van der Waals surface area contributed by atoms with Crippen LogP contribution in [0.2, 0.25) is 0 Å². The quantitative estimate of drug-likeness (QED) is 0.651. The number of hydrogen-bond acceptors (Lipinski definition) is 1. The molecule has 1 aliphatic rings. The molecule has 15 heavy (non-hydrogen) atoms. The van der Waals surface area contributed by atoms with Crippen LogP contribution in [-0.2, 0) is 4.74 Å². The zero-order chi connectivity index (χ0) is 12.1. The normalized spacial score (nSPS) is 15.0. The molecule has 0 bridgehead atoms. The molecule has 0 saturated carbocycles. The van der Waals surface area contributed by atoms with Crippen molar-refractivity contribution in [3.63, 3.8) is 0 Å². The van der Waals surface area contributed by atoms with Gasteiger partial charge in [-0.25, -0.2) is 0 Å². The lowest BCUT2D eigenvalue weighted by molar-refractivity contribution is 0.150. The van der Waals surface area contributed by atoms with Crippen LogP contribution in [0.25, 0.3) is 0 Å². The van der Waals surface area contributed by atoms with E-state index in [4.69, 9.17) is 4.74 Å². The van der Waals surface area contributed by atoms with Crippen LogP contribution >= 0.6 is 0 Å². The maximum Gasteiger partial charge on any atom is 0.0719 e. The molecular weight excluding hydrogens is 184 g/mol. The second-order valence-electron chi connectivity index (χ2n) is 2.56. The summed E-state index contributed by atoms with van der Waals surface area (Å²) in [5.41, 5.74) is 2.60. The van der Waals surface area contributed by atoms with Gasteiger partial charge in [-0.2, -0.15) is 0 Å². The fourth-order valence-electron chi connectivity index (χ4n) is 1.20. The summed E-state index contributed by atoms with van der Waals surface area (Å²) in [6, 6.07) is 0. The lowest BCUT2D eigenvalue weighted by atomic mass is 10.0. The van der Waals surface area contributed by atoms with Gasteiger partial charge in [0.15, 0.2) is 0 Å². The maximum atomic E-state index is 5.29. The lowest BCUT2D eigenvalue weighted by Gasteiger charge is -2.15. The Bertz CT molecular complexity index is 199. The van der Waals surface area contributed by atoms with Gasteiger partial charge in [0, 0.05) is 0 Å². The predicted octanol–water partition coefficient (Wildman–Crippen LogP) is 4.52. The average Bonchev–Trinajstić information content (AvgIpc) is 2.35. The molecule has 0 aromatic heterocycles. The van der Waals surface area contributed by atoms with Crippen LogP contribution in [-0.4, -0.2) is 13.2 Å². The first-order valence-electron chi connectivity index (χ1n) is 5.93. The molecule has 0 aromatic rings. The molecule has 0 N–H and O–H groups in total. The van der Waals surface area contributed by atoms with E-state index in [0.717, 1.165) is 19.6 Å². The summed E-state index contributed by atoms with van der Waals surface area (Å²) in [4.78, 5) is 0. The van der Waals surface area contributed by atoms with Crippen molar-refractivity contribution in [2.45, 2.75) is 41.0 Å². The molecule has 0 amide bonds. The van der Waals surface area contributed by atoms with Gasteiger partial charge < -0.3 is 4.74 Å². The molecule has 1 nitrogen and oxygen atoms in total. The van der Waals surface area contributed by atoms with Crippen molar-refractivity contribution >= 4 is 0 Å². The summed E-state index contributed by atoms with van der Waals surface area (Å²) in [6.07, 6.45) is 7.10. The Kier molecular flexibility index (Phi) is 14.6. The summed E-state index contributed by atoms with van der Waals surface area (Å²) in [7, 11) is 0. The first kappa shape index (κ1) is 16.6. The number of allylic oxidation sites excluding steroid dienone is 2. The van der Waals surface area contributed by atoms with Crippen molar-refractivity contribution < 1.29 is 4.74 Å². The van der Waals surface area contributed by atoms with Crippen LogP contribution in [0.5, 0.6) is 0 Å². The number of rotatable bonds is 2. The van der Waals surface area contributed by atoms with Crippen LogP contribution < -0.4 is 0 Å². The monoisotopic (exact) mass is 210 g/mol. The van der Waals surface area contributed by atoms with Crippen molar-refractivity contribution in [1.82, 2.24) is 0 Å². The van der Waals surface area contributed by atoms with Crippen LogP contribution in [0.4, 0.5) is 0 Å². The maximum absolute atomic E-state index is 5.29.